The third-order valence-electron chi connectivity index (χ3n) is 3.84. The number of aromatic nitrogens is 3. The van der Waals surface area contributed by atoms with E-state index >= 15 is 0 Å². The second-order valence-corrected chi connectivity index (χ2v) is 7.22. The van der Waals surface area contributed by atoms with Crippen molar-refractivity contribution in [2.24, 2.45) is 4.99 Å². The zero-order chi connectivity index (χ0) is 18.7. The molecule has 0 aliphatic heterocycles. The van der Waals surface area contributed by atoms with Gasteiger partial charge in [0.15, 0.2) is 4.80 Å². The van der Waals surface area contributed by atoms with Gasteiger partial charge >= 0.3 is 5.97 Å². The lowest BCUT2D eigenvalue weighted by atomic mass is 10.3. The zero-order valence-electron chi connectivity index (χ0n) is 14.6. The first-order chi connectivity index (χ1) is 12.6. The fraction of sp³-hybridized carbons (Fsp3) is 0.294. The Morgan fingerprint density at radius 1 is 1.35 bits per heavy atom. The van der Waals surface area contributed by atoms with Crippen LogP contribution in [0.4, 0.5) is 0 Å². The van der Waals surface area contributed by atoms with E-state index in [1.807, 2.05) is 31.4 Å². The van der Waals surface area contributed by atoms with Crippen molar-refractivity contribution in [3.05, 3.63) is 41.0 Å². The highest BCUT2D eigenvalue weighted by Gasteiger charge is 2.14. The molecule has 1 amide bonds. The van der Waals surface area contributed by atoms with Gasteiger partial charge in [0.1, 0.15) is 12.2 Å². The van der Waals surface area contributed by atoms with E-state index in [1.165, 1.54) is 18.4 Å². The number of aryl methyl sites for hydroxylation is 1. The molecule has 0 unspecified atom stereocenters. The molecule has 1 aromatic carbocycles. The normalized spacial score (nSPS) is 11.9. The quantitative estimate of drug-likeness (QED) is 0.494. The second-order valence-electron chi connectivity index (χ2n) is 5.33. The molecule has 0 N–H and O–H groups in total. The fourth-order valence-corrected chi connectivity index (χ4v) is 4.10. The van der Waals surface area contributed by atoms with Crippen LogP contribution in [-0.2, 0) is 22.6 Å². The number of esters is 1. The zero-order valence-corrected chi connectivity index (χ0v) is 16.3. The van der Waals surface area contributed by atoms with Gasteiger partial charge in [-0.05, 0) is 37.4 Å². The monoisotopic (exact) mass is 390 g/mol. The number of hydrogen-bond donors (Lipinski definition) is 0. The molecule has 0 radical (unpaired) electrons. The molecule has 2 aromatic heterocycles. The first-order valence-corrected chi connectivity index (χ1v) is 9.96. The summed E-state index contributed by atoms with van der Waals surface area (Å²) in [5.41, 5.74) is 1.26. The highest BCUT2D eigenvalue weighted by atomic mass is 32.2. The van der Waals surface area contributed by atoms with Crippen molar-refractivity contribution in [3.8, 4) is 0 Å². The van der Waals surface area contributed by atoms with Crippen molar-refractivity contribution in [3.63, 3.8) is 0 Å². The molecule has 0 saturated carbocycles. The molecular formula is C17H18N4O3S2. The van der Waals surface area contributed by atoms with Crippen molar-refractivity contribution >= 4 is 45.2 Å². The summed E-state index contributed by atoms with van der Waals surface area (Å²) in [7, 11) is 1.34. The molecule has 3 aromatic rings. The molecule has 7 nitrogen and oxygen atoms in total. The number of fused-ring (bicyclic) bond motifs is 1. The summed E-state index contributed by atoms with van der Waals surface area (Å²) in [5.74, 6) is -0.786. The molecule has 26 heavy (non-hydrogen) atoms. The molecule has 9 heteroatoms. The van der Waals surface area contributed by atoms with Gasteiger partial charge in [-0.25, -0.2) is 0 Å². The lowest BCUT2D eigenvalue weighted by Gasteiger charge is -2.04. The Kier molecular flexibility index (Phi) is 5.58. The summed E-state index contributed by atoms with van der Waals surface area (Å²) in [4.78, 5) is 30.3. The van der Waals surface area contributed by atoms with Crippen LogP contribution in [0.15, 0.2) is 40.4 Å². The number of rotatable bonds is 5. The van der Waals surface area contributed by atoms with Crippen molar-refractivity contribution in [2.45, 2.75) is 24.9 Å². The molecule has 0 fully saturated rings. The molecule has 0 saturated heterocycles. The van der Waals surface area contributed by atoms with Crippen LogP contribution < -0.4 is 4.80 Å². The molecule has 3 rings (SSSR count). The minimum atomic E-state index is -0.397. The highest BCUT2D eigenvalue weighted by molar-refractivity contribution is 7.98. The number of thiazole rings is 1. The number of methoxy groups -OCH3 is 1. The number of ether oxygens (including phenoxy) is 1. The van der Waals surface area contributed by atoms with E-state index in [-0.39, 0.29) is 12.5 Å². The van der Waals surface area contributed by atoms with Gasteiger partial charge < -0.3 is 9.30 Å². The average molecular weight is 390 g/mol. The summed E-state index contributed by atoms with van der Waals surface area (Å²) in [6, 6.07) is 7.57. The lowest BCUT2D eigenvalue weighted by molar-refractivity contribution is -0.141. The summed E-state index contributed by atoms with van der Waals surface area (Å²) in [5, 5.41) is 4.10. The smallest absolute Gasteiger partial charge is 0.325 e. The predicted molar refractivity (Wildman–Crippen MR) is 101 cm³/mol. The van der Waals surface area contributed by atoms with Gasteiger partial charge in [-0.2, -0.15) is 10.1 Å². The summed E-state index contributed by atoms with van der Waals surface area (Å²) in [6.45, 7) is 2.48. The maximum absolute atomic E-state index is 12.6. The van der Waals surface area contributed by atoms with Crippen LogP contribution in [0.3, 0.4) is 0 Å². The third kappa shape index (κ3) is 3.58. The van der Waals surface area contributed by atoms with Crippen LogP contribution >= 0.6 is 23.1 Å². The minimum absolute atomic E-state index is 0.00569. The van der Waals surface area contributed by atoms with Crippen LogP contribution in [0.25, 0.3) is 10.2 Å². The van der Waals surface area contributed by atoms with E-state index < -0.39 is 5.97 Å². The third-order valence-corrected chi connectivity index (χ3v) is 5.60. The number of benzene rings is 1. The minimum Gasteiger partial charge on any atom is -0.468 e. The van der Waals surface area contributed by atoms with E-state index in [2.05, 4.69) is 10.1 Å². The number of hydrogen-bond acceptors (Lipinski definition) is 6. The molecule has 0 bridgehead atoms. The lowest BCUT2D eigenvalue weighted by Crippen LogP contribution is -2.23. The van der Waals surface area contributed by atoms with Crippen LogP contribution in [-0.4, -0.2) is 39.6 Å². The van der Waals surface area contributed by atoms with Crippen molar-refractivity contribution in [2.75, 3.05) is 13.4 Å². The van der Waals surface area contributed by atoms with E-state index in [1.54, 1.807) is 33.3 Å². The predicted octanol–water partition coefficient (Wildman–Crippen LogP) is 2.56. The van der Waals surface area contributed by atoms with Gasteiger partial charge in [0.05, 0.1) is 17.3 Å². The number of carbonyl (C=O) groups excluding carboxylic acids is 2. The summed E-state index contributed by atoms with van der Waals surface area (Å²) < 4.78 is 9.04. The van der Waals surface area contributed by atoms with E-state index in [9.17, 15) is 9.59 Å². The Morgan fingerprint density at radius 3 is 2.85 bits per heavy atom. The SMILES string of the molecule is CCn1nccc1C(=O)N=c1sc2cc(SC)ccc2n1CC(=O)OC. The van der Waals surface area contributed by atoms with E-state index in [4.69, 9.17) is 4.74 Å². The van der Waals surface area contributed by atoms with Gasteiger partial charge in [0.2, 0.25) is 0 Å². The Labute approximate surface area is 158 Å². The first kappa shape index (κ1) is 18.4. The number of carbonyl (C=O) groups is 2. The largest absolute Gasteiger partial charge is 0.468 e. The number of nitrogens with zero attached hydrogens (tertiary/aromatic N) is 4. The van der Waals surface area contributed by atoms with Gasteiger partial charge in [-0.3, -0.25) is 14.3 Å². The molecule has 0 aliphatic carbocycles. The van der Waals surface area contributed by atoms with Crippen LogP contribution in [0.5, 0.6) is 0 Å². The maximum atomic E-state index is 12.6. The fourth-order valence-electron chi connectivity index (χ4n) is 2.52. The van der Waals surface area contributed by atoms with Crippen LogP contribution in [0.2, 0.25) is 0 Å². The Hall–Kier alpha value is -2.39. The molecule has 0 aliphatic rings. The van der Waals surface area contributed by atoms with Gasteiger partial charge in [0, 0.05) is 17.6 Å². The molecule has 2 heterocycles. The first-order valence-electron chi connectivity index (χ1n) is 7.92. The second kappa shape index (κ2) is 7.88. The van der Waals surface area contributed by atoms with E-state index in [0.29, 0.717) is 17.0 Å². The Bertz CT molecular complexity index is 1030. The van der Waals surface area contributed by atoms with E-state index in [0.717, 1.165) is 15.1 Å². The molecule has 136 valence electrons. The van der Waals surface area contributed by atoms with Crippen LogP contribution in [0, 0.1) is 0 Å². The Balaban J connectivity index is 2.15. The molecular weight excluding hydrogens is 372 g/mol. The molecule has 0 atom stereocenters. The highest BCUT2D eigenvalue weighted by Crippen LogP contribution is 2.24. The van der Waals surface area contributed by atoms with Gasteiger partial charge in [-0.15, -0.1) is 11.8 Å². The summed E-state index contributed by atoms with van der Waals surface area (Å²) >= 11 is 3.00. The van der Waals surface area contributed by atoms with Gasteiger partial charge in [0.25, 0.3) is 5.91 Å². The van der Waals surface area contributed by atoms with Crippen molar-refractivity contribution in [1.82, 2.24) is 14.3 Å². The van der Waals surface area contributed by atoms with Crippen molar-refractivity contribution in [1.29, 1.82) is 0 Å². The number of thioether (sulfide) groups is 1. The average Bonchev–Trinajstić information content (AvgIpc) is 3.26. The number of amides is 1. The van der Waals surface area contributed by atoms with Crippen molar-refractivity contribution < 1.29 is 14.3 Å². The van der Waals surface area contributed by atoms with Gasteiger partial charge in [-0.1, -0.05) is 11.3 Å². The Morgan fingerprint density at radius 2 is 2.15 bits per heavy atom. The van der Waals surface area contributed by atoms with Crippen LogP contribution in [0.1, 0.15) is 17.4 Å². The standard InChI is InChI=1S/C17H18N4O3S2/c1-4-21-13(7-8-18-21)16(23)19-17-20(10-15(22)24-2)12-6-5-11(25-3)9-14(12)26-17/h5-9H,4,10H2,1-3H3. The molecule has 0 spiro atoms. The maximum Gasteiger partial charge on any atom is 0.325 e. The topological polar surface area (TPSA) is 78.5 Å². The summed E-state index contributed by atoms with van der Waals surface area (Å²) in [6.07, 6.45) is 3.57.